The number of ether oxygens (including phenoxy) is 2. The molecule has 1 aliphatic heterocycles. The van der Waals surface area contributed by atoms with Crippen LogP contribution in [0.15, 0.2) is 86.4 Å². The van der Waals surface area contributed by atoms with Gasteiger partial charge in [0.1, 0.15) is 0 Å². The van der Waals surface area contributed by atoms with Crippen LogP contribution in [0.4, 0.5) is 0 Å². The second kappa shape index (κ2) is 10.5. The zero-order chi connectivity index (χ0) is 24.2. The van der Waals surface area contributed by atoms with Gasteiger partial charge in [0.2, 0.25) is 5.90 Å². The van der Waals surface area contributed by atoms with Crippen molar-refractivity contribution in [2.75, 3.05) is 0 Å². The van der Waals surface area contributed by atoms with Crippen molar-refractivity contribution in [3.8, 4) is 5.75 Å². The molecule has 0 atom stereocenters. The predicted octanol–water partition coefficient (Wildman–Crippen LogP) is 7.14. The van der Waals surface area contributed by atoms with Crippen LogP contribution in [0.25, 0.3) is 12.2 Å². The minimum Gasteiger partial charge on any atom is -0.422 e. The van der Waals surface area contributed by atoms with Crippen LogP contribution in [0.3, 0.4) is 0 Å². The van der Waals surface area contributed by atoms with Gasteiger partial charge >= 0.3 is 11.9 Å². The lowest BCUT2D eigenvalue weighted by atomic mass is 10.1. The van der Waals surface area contributed by atoms with E-state index in [2.05, 4.69) is 36.9 Å². The number of hydrogen-bond acceptors (Lipinski definition) is 5. The van der Waals surface area contributed by atoms with Gasteiger partial charge in [-0.05, 0) is 77.0 Å². The van der Waals surface area contributed by atoms with Gasteiger partial charge in [0.25, 0.3) is 0 Å². The molecule has 0 amide bonds. The van der Waals surface area contributed by atoms with Crippen LogP contribution in [0.5, 0.6) is 5.75 Å². The molecule has 170 valence electrons. The number of benzene rings is 3. The highest BCUT2D eigenvalue weighted by Crippen LogP contribution is 2.35. The van der Waals surface area contributed by atoms with E-state index in [0.717, 1.165) is 15.6 Å². The monoisotopic (exact) mass is 599 g/mol. The lowest BCUT2D eigenvalue weighted by molar-refractivity contribution is -0.130. The van der Waals surface area contributed by atoms with Crippen molar-refractivity contribution in [3.05, 3.63) is 109 Å². The van der Waals surface area contributed by atoms with Gasteiger partial charge in [-0.3, -0.25) is 0 Å². The molecule has 0 saturated carbocycles. The molecule has 5 nitrogen and oxygen atoms in total. The number of esters is 2. The smallest absolute Gasteiger partial charge is 0.363 e. The fourth-order valence-electron chi connectivity index (χ4n) is 3.04. The Kier molecular flexibility index (Phi) is 7.46. The van der Waals surface area contributed by atoms with E-state index in [1.54, 1.807) is 42.5 Å². The third-order valence-corrected chi connectivity index (χ3v) is 6.03. The Hall–Kier alpha value is -3.00. The van der Waals surface area contributed by atoms with Crippen LogP contribution in [-0.2, 0) is 14.3 Å². The highest BCUT2D eigenvalue weighted by Gasteiger charge is 2.25. The molecule has 0 radical (unpaired) electrons. The largest absolute Gasteiger partial charge is 0.422 e. The summed E-state index contributed by atoms with van der Waals surface area (Å²) < 4.78 is 12.2. The first-order valence-corrected chi connectivity index (χ1v) is 12.0. The molecule has 0 aromatic heterocycles. The lowest BCUT2D eigenvalue weighted by Gasteiger charge is -2.09. The summed E-state index contributed by atoms with van der Waals surface area (Å²) in [6, 6.07) is 18.0. The molecule has 0 saturated heterocycles. The van der Waals surface area contributed by atoms with Crippen LogP contribution >= 0.6 is 43.5 Å². The number of carbonyl (C=O) groups excluding carboxylic acids is 2. The van der Waals surface area contributed by atoms with Gasteiger partial charge in [-0.1, -0.05) is 57.4 Å². The molecule has 0 unspecified atom stereocenters. The summed E-state index contributed by atoms with van der Waals surface area (Å²) >= 11 is 12.7. The zero-order valence-electron chi connectivity index (χ0n) is 17.7. The fourth-order valence-corrected chi connectivity index (χ4v) is 4.51. The molecule has 0 fully saturated rings. The van der Waals surface area contributed by atoms with Crippen LogP contribution in [0, 0.1) is 6.92 Å². The molecule has 0 bridgehead atoms. The van der Waals surface area contributed by atoms with E-state index in [-0.39, 0.29) is 17.3 Å². The third-order valence-electron chi connectivity index (χ3n) is 4.73. The summed E-state index contributed by atoms with van der Waals surface area (Å²) in [4.78, 5) is 29.3. The average molecular weight is 602 g/mol. The molecular weight excluding hydrogens is 586 g/mol. The fraction of sp³-hybridized carbons (Fsp3) is 0.0385. The molecule has 0 N–H and O–H groups in total. The van der Waals surface area contributed by atoms with Crippen LogP contribution in [0.2, 0.25) is 5.02 Å². The summed E-state index contributed by atoms with van der Waals surface area (Å²) in [6.07, 6.45) is 4.45. The van der Waals surface area contributed by atoms with Gasteiger partial charge in [0.05, 0.1) is 4.47 Å². The highest BCUT2D eigenvalue weighted by molar-refractivity contribution is 9.11. The summed E-state index contributed by atoms with van der Waals surface area (Å²) in [5.41, 5.74) is 3.13. The van der Waals surface area contributed by atoms with E-state index in [4.69, 9.17) is 21.1 Å². The van der Waals surface area contributed by atoms with E-state index >= 15 is 0 Å². The number of aliphatic imine (C=N–C) groups is 1. The average Bonchev–Trinajstić information content (AvgIpc) is 3.16. The van der Waals surface area contributed by atoms with E-state index in [1.165, 1.54) is 12.2 Å². The van der Waals surface area contributed by atoms with Crippen molar-refractivity contribution in [1.29, 1.82) is 0 Å². The number of aryl methyl sites for hydroxylation is 1. The maximum Gasteiger partial charge on any atom is 0.363 e. The van der Waals surface area contributed by atoms with E-state index in [1.807, 2.05) is 31.2 Å². The number of carbonyl (C=O) groups is 2. The Bertz CT molecular complexity index is 1360. The first kappa shape index (κ1) is 24.1. The molecule has 3 aromatic carbocycles. The second-order valence-corrected chi connectivity index (χ2v) is 9.52. The lowest BCUT2D eigenvalue weighted by Crippen LogP contribution is -2.06. The second-order valence-electron chi connectivity index (χ2n) is 7.31. The van der Waals surface area contributed by atoms with Crippen LogP contribution in [-0.4, -0.2) is 17.8 Å². The van der Waals surface area contributed by atoms with Gasteiger partial charge in [0, 0.05) is 26.7 Å². The Morgan fingerprint density at radius 3 is 2.47 bits per heavy atom. The number of nitrogens with zero attached hydrogens (tertiary/aromatic N) is 1. The molecule has 1 heterocycles. The van der Waals surface area contributed by atoms with Crippen molar-refractivity contribution in [3.63, 3.8) is 0 Å². The minimum atomic E-state index is -0.591. The number of halogens is 3. The van der Waals surface area contributed by atoms with Crippen molar-refractivity contribution in [1.82, 2.24) is 0 Å². The van der Waals surface area contributed by atoms with Gasteiger partial charge in [0.15, 0.2) is 11.4 Å². The quantitative estimate of drug-likeness (QED) is 0.177. The first-order chi connectivity index (χ1) is 16.3. The van der Waals surface area contributed by atoms with Gasteiger partial charge in [-0.15, -0.1) is 0 Å². The van der Waals surface area contributed by atoms with Crippen molar-refractivity contribution in [2.45, 2.75) is 6.92 Å². The molecule has 1 aliphatic rings. The maximum absolute atomic E-state index is 12.5. The SMILES string of the molecule is Cc1ccc(C2=N/C(=C\c3cc(Br)cc(Br)c3OC(=O)/C=C/c3ccc(Cl)cc3)C(=O)O2)cc1. The van der Waals surface area contributed by atoms with Crippen molar-refractivity contribution < 1.29 is 19.1 Å². The molecule has 0 spiro atoms. The van der Waals surface area contributed by atoms with Gasteiger partial charge < -0.3 is 9.47 Å². The summed E-state index contributed by atoms with van der Waals surface area (Å²) in [5, 5.41) is 0.606. The number of cyclic esters (lactones) is 1. The van der Waals surface area contributed by atoms with Crippen molar-refractivity contribution >= 4 is 73.4 Å². The molecular formula is C26H16Br2ClNO4. The Morgan fingerprint density at radius 1 is 1.06 bits per heavy atom. The third kappa shape index (κ3) is 5.91. The van der Waals surface area contributed by atoms with Crippen LogP contribution in [0.1, 0.15) is 22.3 Å². The predicted molar refractivity (Wildman–Crippen MR) is 140 cm³/mol. The van der Waals surface area contributed by atoms with Gasteiger partial charge in [-0.2, -0.15) is 0 Å². The topological polar surface area (TPSA) is 65.0 Å². The summed E-state index contributed by atoms with van der Waals surface area (Å²) in [6.45, 7) is 1.97. The molecule has 34 heavy (non-hydrogen) atoms. The zero-order valence-corrected chi connectivity index (χ0v) is 21.6. The maximum atomic E-state index is 12.5. The molecule has 4 rings (SSSR count). The number of rotatable bonds is 5. The van der Waals surface area contributed by atoms with E-state index in [0.29, 0.717) is 20.6 Å². The van der Waals surface area contributed by atoms with Gasteiger partial charge in [-0.25, -0.2) is 14.6 Å². The van der Waals surface area contributed by atoms with Crippen molar-refractivity contribution in [2.24, 2.45) is 4.99 Å². The van der Waals surface area contributed by atoms with Crippen LogP contribution < -0.4 is 4.74 Å². The Balaban J connectivity index is 1.62. The molecule has 3 aromatic rings. The molecule has 8 heteroatoms. The minimum absolute atomic E-state index is 0.0922. The standard InChI is InChI=1S/C26H16Br2ClNO4/c1-15-2-7-17(8-3-15)25-30-22(26(32)34-25)13-18-12-19(27)14-21(28)24(18)33-23(31)11-6-16-4-9-20(29)10-5-16/h2-14H,1H3/b11-6+,22-13-. The first-order valence-electron chi connectivity index (χ1n) is 10.0. The highest BCUT2D eigenvalue weighted by atomic mass is 79.9. The van der Waals surface area contributed by atoms with E-state index < -0.39 is 11.9 Å². The Morgan fingerprint density at radius 2 is 1.76 bits per heavy atom. The normalized spacial score (nSPS) is 14.4. The summed E-state index contributed by atoms with van der Waals surface area (Å²) in [7, 11) is 0. The molecule has 0 aliphatic carbocycles. The summed E-state index contributed by atoms with van der Waals surface area (Å²) in [5.74, 6) is -0.718. The Labute approximate surface area is 218 Å². The van der Waals surface area contributed by atoms with E-state index in [9.17, 15) is 9.59 Å². The number of hydrogen-bond donors (Lipinski definition) is 0.